The van der Waals surface area contributed by atoms with E-state index in [0.29, 0.717) is 12.3 Å². The highest BCUT2D eigenvalue weighted by Gasteiger charge is 2.12. The van der Waals surface area contributed by atoms with Crippen molar-refractivity contribution >= 4 is 11.7 Å². The molecule has 1 aromatic carbocycles. The van der Waals surface area contributed by atoms with E-state index < -0.39 is 5.97 Å². The molecule has 2 atom stereocenters. The predicted octanol–water partition coefficient (Wildman–Crippen LogP) is 1.93. The van der Waals surface area contributed by atoms with Crippen LogP contribution in [-0.4, -0.2) is 23.7 Å². The van der Waals surface area contributed by atoms with Crippen molar-refractivity contribution in [2.24, 2.45) is 11.7 Å². The van der Waals surface area contributed by atoms with E-state index in [-0.39, 0.29) is 12.5 Å². The van der Waals surface area contributed by atoms with Gasteiger partial charge in [-0.1, -0.05) is 25.1 Å². The molecule has 1 rings (SSSR count). The number of carboxylic acid groups (broad SMARTS) is 1. The van der Waals surface area contributed by atoms with Crippen LogP contribution in [0.5, 0.6) is 0 Å². The van der Waals surface area contributed by atoms with Crippen LogP contribution in [0.1, 0.15) is 19.8 Å². The SMILES string of the molecule is CC(CNc1ccccc1)CC(N)CC(=O)O. The highest BCUT2D eigenvalue weighted by Crippen LogP contribution is 2.10. The van der Waals surface area contributed by atoms with E-state index in [9.17, 15) is 4.79 Å². The molecule has 0 heterocycles. The van der Waals surface area contributed by atoms with Crippen LogP contribution in [0.15, 0.2) is 30.3 Å². The fourth-order valence-electron chi connectivity index (χ4n) is 1.76. The van der Waals surface area contributed by atoms with Gasteiger partial charge in [-0.2, -0.15) is 0 Å². The van der Waals surface area contributed by atoms with Gasteiger partial charge in [0.05, 0.1) is 6.42 Å². The Hall–Kier alpha value is -1.55. The molecule has 0 fully saturated rings. The number of nitrogens with two attached hydrogens (primary N) is 1. The van der Waals surface area contributed by atoms with Crippen LogP contribution < -0.4 is 11.1 Å². The molecule has 17 heavy (non-hydrogen) atoms. The van der Waals surface area contributed by atoms with E-state index in [1.54, 1.807) is 0 Å². The molecule has 0 radical (unpaired) electrons. The molecule has 4 heteroatoms. The van der Waals surface area contributed by atoms with Crippen molar-refractivity contribution in [3.05, 3.63) is 30.3 Å². The minimum absolute atomic E-state index is 0.0374. The number of hydrogen-bond acceptors (Lipinski definition) is 3. The van der Waals surface area contributed by atoms with Crippen LogP contribution in [-0.2, 0) is 4.79 Å². The molecule has 0 saturated heterocycles. The first-order chi connectivity index (χ1) is 8.08. The first-order valence-corrected chi connectivity index (χ1v) is 5.84. The smallest absolute Gasteiger partial charge is 0.304 e. The van der Waals surface area contributed by atoms with Gasteiger partial charge < -0.3 is 16.2 Å². The van der Waals surface area contributed by atoms with Gasteiger partial charge >= 0.3 is 5.97 Å². The summed E-state index contributed by atoms with van der Waals surface area (Å²) in [5.74, 6) is -0.481. The molecule has 2 unspecified atom stereocenters. The van der Waals surface area contributed by atoms with Crippen molar-refractivity contribution in [1.82, 2.24) is 0 Å². The zero-order chi connectivity index (χ0) is 12.7. The molecule has 1 aromatic rings. The normalized spacial score (nSPS) is 14.0. The molecule has 94 valence electrons. The topological polar surface area (TPSA) is 75.3 Å². The maximum Gasteiger partial charge on any atom is 0.304 e. The van der Waals surface area contributed by atoms with Gasteiger partial charge in [0.2, 0.25) is 0 Å². The Bertz CT molecular complexity index is 341. The summed E-state index contributed by atoms with van der Waals surface area (Å²) in [6, 6.07) is 9.66. The molecule has 4 N–H and O–H groups in total. The maximum absolute atomic E-state index is 10.5. The lowest BCUT2D eigenvalue weighted by Crippen LogP contribution is -2.28. The molecule has 0 aliphatic heterocycles. The predicted molar refractivity (Wildman–Crippen MR) is 68.9 cm³/mol. The van der Waals surface area contributed by atoms with Crippen molar-refractivity contribution in [2.75, 3.05) is 11.9 Å². The second-order valence-corrected chi connectivity index (χ2v) is 4.45. The van der Waals surface area contributed by atoms with Crippen LogP contribution >= 0.6 is 0 Å². The first-order valence-electron chi connectivity index (χ1n) is 5.84. The summed E-state index contributed by atoms with van der Waals surface area (Å²) in [6.07, 6.45) is 0.752. The lowest BCUT2D eigenvalue weighted by molar-refractivity contribution is -0.137. The van der Waals surface area contributed by atoms with Gasteiger partial charge in [0.15, 0.2) is 0 Å². The Labute approximate surface area is 102 Å². The molecule has 0 spiro atoms. The number of anilines is 1. The standard InChI is InChI=1S/C13H20N2O2/c1-10(7-11(14)8-13(16)17)9-15-12-5-3-2-4-6-12/h2-6,10-11,15H,7-9,14H2,1H3,(H,16,17). The summed E-state index contributed by atoms with van der Waals surface area (Å²) >= 11 is 0. The Morgan fingerprint density at radius 2 is 2.06 bits per heavy atom. The molecular weight excluding hydrogens is 216 g/mol. The molecule has 0 aromatic heterocycles. The highest BCUT2D eigenvalue weighted by atomic mass is 16.4. The van der Waals surface area contributed by atoms with Gasteiger partial charge in [-0.3, -0.25) is 4.79 Å². The van der Waals surface area contributed by atoms with E-state index in [1.807, 2.05) is 30.3 Å². The number of carboxylic acids is 1. The Morgan fingerprint density at radius 1 is 1.41 bits per heavy atom. The lowest BCUT2D eigenvalue weighted by Gasteiger charge is -2.17. The zero-order valence-corrected chi connectivity index (χ0v) is 10.1. The average Bonchev–Trinajstić information content (AvgIpc) is 2.26. The van der Waals surface area contributed by atoms with E-state index in [0.717, 1.165) is 12.2 Å². The summed E-state index contributed by atoms with van der Waals surface area (Å²) in [6.45, 7) is 2.87. The number of nitrogens with one attached hydrogen (secondary N) is 1. The van der Waals surface area contributed by atoms with Crippen molar-refractivity contribution < 1.29 is 9.90 Å². The summed E-state index contributed by atoms with van der Waals surface area (Å²) in [5, 5.41) is 11.9. The average molecular weight is 236 g/mol. The number of carbonyl (C=O) groups is 1. The molecule has 0 aliphatic carbocycles. The molecule has 4 nitrogen and oxygen atoms in total. The summed E-state index contributed by atoms with van der Waals surface area (Å²) in [4.78, 5) is 10.5. The fourth-order valence-corrected chi connectivity index (χ4v) is 1.76. The minimum Gasteiger partial charge on any atom is -0.481 e. The number of para-hydroxylation sites is 1. The Balaban J connectivity index is 2.25. The van der Waals surface area contributed by atoms with Gasteiger partial charge in [0, 0.05) is 18.3 Å². The first kappa shape index (κ1) is 13.5. The molecule has 0 aliphatic rings. The molecule has 0 amide bonds. The fraction of sp³-hybridized carbons (Fsp3) is 0.462. The quantitative estimate of drug-likeness (QED) is 0.676. The third kappa shape index (κ3) is 5.92. The minimum atomic E-state index is -0.833. The van der Waals surface area contributed by atoms with Crippen molar-refractivity contribution in [2.45, 2.75) is 25.8 Å². The molecular formula is C13H20N2O2. The van der Waals surface area contributed by atoms with Gasteiger partial charge in [0.25, 0.3) is 0 Å². The largest absolute Gasteiger partial charge is 0.481 e. The monoisotopic (exact) mass is 236 g/mol. The van der Waals surface area contributed by atoms with E-state index in [1.165, 1.54) is 0 Å². The van der Waals surface area contributed by atoms with Crippen molar-refractivity contribution in [3.8, 4) is 0 Å². The lowest BCUT2D eigenvalue weighted by atomic mass is 10.00. The second-order valence-electron chi connectivity index (χ2n) is 4.45. The van der Waals surface area contributed by atoms with Gasteiger partial charge in [0.1, 0.15) is 0 Å². The molecule has 0 bridgehead atoms. The van der Waals surface area contributed by atoms with Crippen LogP contribution in [0.25, 0.3) is 0 Å². The number of aliphatic carboxylic acids is 1. The number of hydrogen-bond donors (Lipinski definition) is 3. The van der Waals surface area contributed by atoms with Gasteiger partial charge in [-0.15, -0.1) is 0 Å². The van der Waals surface area contributed by atoms with E-state index in [4.69, 9.17) is 10.8 Å². The van der Waals surface area contributed by atoms with Gasteiger partial charge in [-0.05, 0) is 24.5 Å². The van der Waals surface area contributed by atoms with Crippen LogP contribution in [0.4, 0.5) is 5.69 Å². The summed E-state index contributed by atoms with van der Waals surface area (Å²) < 4.78 is 0. The zero-order valence-electron chi connectivity index (χ0n) is 10.1. The van der Waals surface area contributed by atoms with Crippen molar-refractivity contribution in [1.29, 1.82) is 0 Å². The molecule has 0 saturated carbocycles. The summed E-state index contributed by atoms with van der Waals surface area (Å²) in [5.41, 5.74) is 6.81. The van der Waals surface area contributed by atoms with Crippen LogP contribution in [0.3, 0.4) is 0 Å². The third-order valence-corrected chi connectivity index (χ3v) is 2.57. The van der Waals surface area contributed by atoms with Gasteiger partial charge in [-0.25, -0.2) is 0 Å². The van der Waals surface area contributed by atoms with Crippen LogP contribution in [0.2, 0.25) is 0 Å². The highest BCUT2D eigenvalue weighted by molar-refractivity contribution is 5.67. The van der Waals surface area contributed by atoms with Crippen molar-refractivity contribution in [3.63, 3.8) is 0 Å². The number of benzene rings is 1. The summed E-state index contributed by atoms with van der Waals surface area (Å²) in [7, 11) is 0. The van der Waals surface area contributed by atoms with Crippen LogP contribution in [0, 0.1) is 5.92 Å². The maximum atomic E-state index is 10.5. The van der Waals surface area contributed by atoms with E-state index in [2.05, 4.69) is 12.2 Å². The van der Waals surface area contributed by atoms with E-state index >= 15 is 0 Å². The second kappa shape index (κ2) is 6.91. The Morgan fingerprint density at radius 3 is 2.65 bits per heavy atom. The third-order valence-electron chi connectivity index (χ3n) is 2.57. The Kier molecular flexibility index (Phi) is 5.49. The number of rotatable bonds is 7.